The predicted molar refractivity (Wildman–Crippen MR) is 89.0 cm³/mol. The van der Waals surface area contributed by atoms with Crippen LogP contribution in [0.1, 0.15) is 46.5 Å². The summed E-state index contributed by atoms with van der Waals surface area (Å²) in [4.78, 5) is 13.9. The van der Waals surface area contributed by atoms with E-state index in [0.717, 1.165) is 51.5 Å². The van der Waals surface area contributed by atoms with Crippen LogP contribution in [-0.4, -0.2) is 55.9 Å². The van der Waals surface area contributed by atoms with Crippen molar-refractivity contribution in [1.29, 1.82) is 0 Å². The highest BCUT2D eigenvalue weighted by molar-refractivity contribution is 5.68. The molecule has 0 spiro atoms. The van der Waals surface area contributed by atoms with Gasteiger partial charge in [-0.05, 0) is 84.5 Å². The lowest BCUT2D eigenvalue weighted by molar-refractivity contribution is 0.0184. The molecule has 22 heavy (non-hydrogen) atoms. The minimum Gasteiger partial charge on any atom is -0.444 e. The van der Waals surface area contributed by atoms with Gasteiger partial charge in [0.15, 0.2) is 0 Å². The summed E-state index contributed by atoms with van der Waals surface area (Å²) in [7, 11) is 0. The minimum atomic E-state index is -0.399. The van der Waals surface area contributed by atoms with Crippen molar-refractivity contribution in [3.05, 3.63) is 0 Å². The molecule has 5 heteroatoms. The first-order chi connectivity index (χ1) is 10.4. The fraction of sp³-hybridized carbons (Fsp3) is 0.941. The van der Waals surface area contributed by atoms with Gasteiger partial charge in [0.05, 0.1) is 0 Å². The third kappa shape index (κ3) is 6.13. The fourth-order valence-electron chi connectivity index (χ4n) is 3.24. The number of rotatable bonds is 4. The standard InChI is InChI=1S/C17H33N3O2/c1-17(2,3)22-16(21)20-9-6-14(7-10-20)11-19-13-15-5-4-8-18-12-15/h14-15,18-19H,4-13H2,1-3H3. The lowest BCUT2D eigenvalue weighted by Crippen LogP contribution is -2.44. The Kier molecular flexibility index (Phi) is 6.50. The number of hydrogen-bond acceptors (Lipinski definition) is 4. The van der Waals surface area contributed by atoms with Crippen LogP contribution in [-0.2, 0) is 4.74 Å². The Bertz CT molecular complexity index is 340. The van der Waals surface area contributed by atoms with Gasteiger partial charge in [-0.15, -0.1) is 0 Å². The summed E-state index contributed by atoms with van der Waals surface area (Å²) in [6.45, 7) is 11.9. The van der Waals surface area contributed by atoms with Gasteiger partial charge in [-0.1, -0.05) is 0 Å². The second-order valence-electron chi connectivity index (χ2n) is 7.78. The van der Waals surface area contributed by atoms with Crippen LogP contribution in [0.15, 0.2) is 0 Å². The van der Waals surface area contributed by atoms with Crippen molar-refractivity contribution in [1.82, 2.24) is 15.5 Å². The van der Waals surface area contributed by atoms with Gasteiger partial charge >= 0.3 is 6.09 Å². The minimum absolute atomic E-state index is 0.160. The summed E-state index contributed by atoms with van der Waals surface area (Å²) in [5.41, 5.74) is -0.399. The average Bonchev–Trinajstić information content (AvgIpc) is 2.47. The summed E-state index contributed by atoms with van der Waals surface area (Å²) in [6.07, 6.45) is 4.65. The molecule has 2 aliphatic heterocycles. The predicted octanol–water partition coefficient (Wildman–Crippen LogP) is 2.22. The third-order valence-corrected chi connectivity index (χ3v) is 4.53. The Labute approximate surface area is 135 Å². The molecule has 1 amide bonds. The first-order valence-corrected chi connectivity index (χ1v) is 8.83. The van der Waals surface area contributed by atoms with E-state index in [2.05, 4.69) is 10.6 Å². The molecule has 2 N–H and O–H groups in total. The number of carbonyl (C=O) groups is 1. The normalized spacial score (nSPS) is 24.3. The Morgan fingerprint density at radius 2 is 1.86 bits per heavy atom. The maximum Gasteiger partial charge on any atom is 0.410 e. The van der Waals surface area contributed by atoms with Crippen molar-refractivity contribution in [2.24, 2.45) is 11.8 Å². The molecule has 0 bridgehead atoms. The highest BCUT2D eigenvalue weighted by Crippen LogP contribution is 2.19. The molecule has 2 saturated heterocycles. The van der Waals surface area contributed by atoms with Crippen LogP contribution in [0.2, 0.25) is 0 Å². The zero-order valence-corrected chi connectivity index (χ0v) is 14.5. The second kappa shape index (κ2) is 8.16. The van der Waals surface area contributed by atoms with E-state index >= 15 is 0 Å². The van der Waals surface area contributed by atoms with Crippen LogP contribution in [0.4, 0.5) is 4.79 Å². The number of amides is 1. The largest absolute Gasteiger partial charge is 0.444 e. The summed E-state index contributed by atoms with van der Waals surface area (Å²) in [6, 6.07) is 0. The monoisotopic (exact) mass is 311 g/mol. The molecule has 0 radical (unpaired) electrons. The number of nitrogens with one attached hydrogen (secondary N) is 2. The van der Waals surface area contributed by atoms with Crippen molar-refractivity contribution in [3.63, 3.8) is 0 Å². The van der Waals surface area contributed by atoms with Crippen molar-refractivity contribution >= 4 is 6.09 Å². The van der Waals surface area contributed by atoms with E-state index in [4.69, 9.17) is 4.74 Å². The van der Waals surface area contributed by atoms with E-state index in [1.54, 1.807) is 0 Å². The molecule has 0 saturated carbocycles. The summed E-state index contributed by atoms with van der Waals surface area (Å²) in [5.74, 6) is 1.48. The Morgan fingerprint density at radius 3 is 2.45 bits per heavy atom. The van der Waals surface area contributed by atoms with E-state index in [1.165, 1.54) is 19.4 Å². The number of piperidine rings is 2. The van der Waals surface area contributed by atoms with Gasteiger partial charge in [0.2, 0.25) is 0 Å². The molecule has 0 aromatic carbocycles. The smallest absolute Gasteiger partial charge is 0.410 e. The van der Waals surface area contributed by atoms with Gasteiger partial charge in [-0.2, -0.15) is 0 Å². The van der Waals surface area contributed by atoms with Gasteiger partial charge in [-0.25, -0.2) is 4.79 Å². The molecule has 1 atom stereocenters. The molecular weight excluding hydrogens is 278 g/mol. The Balaban J connectivity index is 1.59. The van der Waals surface area contributed by atoms with Crippen molar-refractivity contribution < 1.29 is 9.53 Å². The molecule has 2 rings (SSSR count). The maximum atomic E-state index is 12.0. The molecule has 5 nitrogen and oxygen atoms in total. The molecule has 0 aliphatic carbocycles. The van der Waals surface area contributed by atoms with Gasteiger partial charge in [0.25, 0.3) is 0 Å². The molecular formula is C17H33N3O2. The van der Waals surface area contributed by atoms with Gasteiger partial charge in [-0.3, -0.25) is 0 Å². The van der Waals surface area contributed by atoms with E-state index in [1.807, 2.05) is 25.7 Å². The van der Waals surface area contributed by atoms with Crippen molar-refractivity contribution in [2.75, 3.05) is 39.3 Å². The molecule has 2 fully saturated rings. The lowest BCUT2D eigenvalue weighted by atomic mass is 9.96. The Hall–Kier alpha value is -0.810. The van der Waals surface area contributed by atoms with Crippen molar-refractivity contribution in [3.8, 4) is 0 Å². The van der Waals surface area contributed by atoms with Gasteiger partial charge < -0.3 is 20.3 Å². The third-order valence-electron chi connectivity index (χ3n) is 4.53. The molecule has 2 heterocycles. The van der Waals surface area contributed by atoms with E-state index in [9.17, 15) is 4.79 Å². The highest BCUT2D eigenvalue weighted by Gasteiger charge is 2.26. The first-order valence-electron chi connectivity index (χ1n) is 8.83. The fourth-order valence-corrected chi connectivity index (χ4v) is 3.24. The molecule has 2 aliphatic rings. The van der Waals surface area contributed by atoms with Crippen molar-refractivity contribution in [2.45, 2.75) is 52.1 Å². The maximum absolute atomic E-state index is 12.0. The van der Waals surface area contributed by atoms with E-state index in [-0.39, 0.29) is 6.09 Å². The van der Waals surface area contributed by atoms with Gasteiger partial charge in [0.1, 0.15) is 5.60 Å². The summed E-state index contributed by atoms with van der Waals surface area (Å²) < 4.78 is 5.44. The quantitative estimate of drug-likeness (QED) is 0.836. The van der Waals surface area contributed by atoms with Crippen LogP contribution < -0.4 is 10.6 Å². The Morgan fingerprint density at radius 1 is 1.18 bits per heavy atom. The topological polar surface area (TPSA) is 53.6 Å². The second-order valence-corrected chi connectivity index (χ2v) is 7.78. The number of ether oxygens (including phenoxy) is 1. The summed E-state index contributed by atoms with van der Waals surface area (Å²) >= 11 is 0. The molecule has 128 valence electrons. The zero-order valence-electron chi connectivity index (χ0n) is 14.5. The molecule has 0 aromatic heterocycles. The molecule has 0 aromatic rings. The summed E-state index contributed by atoms with van der Waals surface area (Å²) in [5, 5.41) is 7.09. The number of nitrogens with zero attached hydrogens (tertiary/aromatic N) is 1. The molecule has 1 unspecified atom stereocenters. The van der Waals surface area contributed by atoms with Gasteiger partial charge in [0, 0.05) is 13.1 Å². The highest BCUT2D eigenvalue weighted by atomic mass is 16.6. The van der Waals surface area contributed by atoms with Crippen LogP contribution in [0.5, 0.6) is 0 Å². The van der Waals surface area contributed by atoms with E-state index in [0.29, 0.717) is 5.92 Å². The SMILES string of the molecule is CC(C)(C)OC(=O)N1CCC(CNCC2CCCNC2)CC1. The average molecular weight is 311 g/mol. The number of hydrogen-bond donors (Lipinski definition) is 2. The number of carbonyl (C=O) groups excluding carboxylic acids is 1. The number of likely N-dealkylation sites (tertiary alicyclic amines) is 1. The lowest BCUT2D eigenvalue weighted by Gasteiger charge is -2.33. The van der Waals surface area contributed by atoms with Crippen LogP contribution >= 0.6 is 0 Å². The van der Waals surface area contributed by atoms with Crippen LogP contribution in [0.25, 0.3) is 0 Å². The first kappa shape index (κ1) is 17.5. The zero-order chi connectivity index (χ0) is 16.0. The van der Waals surface area contributed by atoms with Crippen LogP contribution in [0, 0.1) is 11.8 Å². The van der Waals surface area contributed by atoms with E-state index < -0.39 is 5.60 Å². The van der Waals surface area contributed by atoms with Crippen LogP contribution in [0.3, 0.4) is 0 Å².